The zero-order valence-electron chi connectivity index (χ0n) is 18.5. The first kappa shape index (κ1) is 25.8. The number of amides is 3. The summed E-state index contributed by atoms with van der Waals surface area (Å²) in [6, 6.07) is 10.7. The molecule has 0 saturated carbocycles. The molecule has 1 aliphatic rings. The fourth-order valence-corrected chi connectivity index (χ4v) is 5.15. The molecule has 2 aromatic carbocycles. The van der Waals surface area contributed by atoms with E-state index in [1.807, 2.05) is 22.8 Å². The number of rotatable bonds is 8. The van der Waals surface area contributed by atoms with Crippen molar-refractivity contribution in [2.24, 2.45) is 0 Å². The van der Waals surface area contributed by atoms with Crippen LogP contribution in [0.4, 0.5) is 4.79 Å². The third kappa shape index (κ3) is 5.92. The highest BCUT2D eigenvalue weighted by atomic mass is 79.9. The van der Waals surface area contributed by atoms with Crippen LogP contribution in [0.5, 0.6) is 0 Å². The lowest BCUT2D eigenvalue weighted by Gasteiger charge is -2.12. The summed E-state index contributed by atoms with van der Waals surface area (Å²) < 4.78 is 7.64. The smallest absolute Gasteiger partial charge is 0.293 e. The SMILES string of the molecule is COCCNC(=O)Cn1cc(/C=C2\SC(=O)N(Cc3ccc(Cl)c(Cl)c3)C2=O)c2cc(Br)ccc21. The summed E-state index contributed by atoms with van der Waals surface area (Å²) >= 11 is 16.4. The third-order valence-electron chi connectivity index (χ3n) is 5.30. The van der Waals surface area contributed by atoms with E-state index in [0.717, 1.165) is 32.7 Å². The molecule has 182 valence electrons. The van der Waals surface area contributed by atoms with Gasteiger partial charge in [-0.25, -0.2) is 0 Å². The highest BCUT2D eigenvalue weighted by Crippen LogP contribution is 2.36. The fourth-order valence-electron chi connectivity index (χ4n) is 3.64. The number of benzene rings is 2. The molecule has 3 amide bonds. The first-order valence-corrected chi connectivity index (χ1v) is 12.9. The quantitative estimate of drug-likeness (QED) is 0.266. The van der Waals surface area contributed by atoms with Crippen molar-refractivity contribution in [1.82, 2.24) is 14.8 Å². The summed E-state index contributed by atoms with van der Waals surface area (Å²) in [5.74, 6) is -0.547. The maximum atomic E-state index is 13.1. The summed E-state index contributed by atoms with van der Waals surface area (Å²) in [4.78, 5) is 39.6. The standard InChI is InChI=1S/C24H20BrCl2N3O4S/c1-34-7-6-28-22(31)13-29-12-15(17-10-16(25)3-5-20(17)29)9-21-23(32)30(24(33)35-21)11-14-2-4-18(26)19(27)8-14/h2-5,8-10,12H,6-7,11,13H2,1H3,(H,28,31)/b21-9-. The Kier molecular flexibility index (Phi) is 8.23. The first-order valence-electron chi connectivity index (χ1n) is 10.5. The van der Waals surface area contributed by atoms with Gasteiger partial charge in [-0.1, -0.05) is 45.2 Å². The molecule has 0 radical (unpaired) electrons. The number of nitrogens with zero attached hydrogens (tertiary/aromatic N) is 2. The Hall–Kier alpha value is -2.30. The molecule has 0 aliphatic carbocycles. The summed E-state index contributed by atoms with van der Waals surface area (Å²) in [5.41, 5.74) is 2.25. The number of hydrogen-bond acceptors (Lipinski definition) is 5. The van der Waals surface area contributed by atoms with E-state index in [9.17, 15) is 14.4 Å². The van der Waals surface area contributed by atoms with Gasteiger partial charge >= 0.3 is 0 Å². The number of carbonyl (C=O) groups is 3. The maximum absolute atomic E-state index is 13.1. The van der Waals surface area contributed by atoms with Crippen molar-refractivity contribution in [2.75, 3.05) is 20.3 Å². The number of hydrogen-bond donors (Lipinski definition) is 1. The van der Waals surface area contributed by atoms with Crippen LogP contribution in [-0.2, 0) is 27.4 Å². The van der Waals surface area contributed by atoms with Crippen LogP contribution in [0.15, 0.2) is 52.0 Å². The number of methoxy groups -OCH3 is 1. The van der Waals surface area contributed by atoms with Crippen LogP contribution in [0.3, 0.4) is 0 Å². The average molecular weight is 597 g/mol. The van der Waals surface area contributed by atoms with Crippen LogP contribution in [0.2, 0.25) is 10.0 Å². The van der Waals surface area contributed by atoms with Crippen LogP contribution in [-0.4, -0.2) is 46.8 Å². The Labute approximate surface area is 224 Å². The predicted octanol–water partition coefficient (Wildman–Crippen LogP) is 5.71. The topological polar surface area (TPSA) is 80.6 Å². The van der Waals surface area contributed by atoms with Gasteiger partial charge in [0.25, 0.3) is 11.1 Å². The molecule has 0 unspecified atom stereocenters. The number of imide groups is 1. The second-order valence-electron chi connectivity index (χ2n) is 7.73. The molecule has 0 atom stereocenters. The lowest BCUT2D eigenvalue weighted by atomic mass is 10.1. The Balaban J connectivity index is 1.60. The lowest BCUT2D eigenvalue weighted by molar-refractivity contribution is -0.123. The van der Waals surface area contributed by atoms with E-state index in [0.29, 0.717) is 33.7 Å². The molecule has 0 bridgehead atoms. The number of thioether (sulfide) groups is 1. The fraction of sp³-hybridized carbons (Fsp3) is 0.208. The zero-order chi connectivity index (χ0) is 25.1. The largest absolute Gasteiger partial charge is 0.383 e. The van der Waals surface area contributed by atoms with Crippen LogP contribution in [0.25, 0.3) is 17.0 Å². The van der Waals surface area contributed by atoms with Crippen LogP contribution >= 0.6 is 50.9 Å². The van der Waals surface area contributed by atoms with E-state index in [1.165, 1.54) is 4.90 Å². The van der Waals surface area contributed by atoms with Gasteiger partial charge in [-0.3, -0.25) is 19.3 Å². The number of fused-ring (bicyclic) bond motifs is 1. The molecule has 11 heteroatoms. The third-order valence-corrected chi connectivity index (χ3v) is 7.44. The molecule has 1 fully saturated rings. The number of aromatic nitrogens is 1. The van der Waals surface area contributed by atoms with Gasteiger partial charge in [-0.2, -0.15) is 0 Å². The van der Waals surface area contributed by atoms with E-state index in [4.69, 9.17) is 27.9 Å². The highest BCUT2D eigenvalue weighted by Gasteiger charge is 2.35. The first-order chi connectivity index (χ1) is 16.8. The Morgan fingerprint density at radius 1 is 1.17 bits per heavy atom. The number of halogens is 3. The number of carbonyl (C=O) groups excluding carboxylic acids is 3. The van der Waals surface area contributed by atoms with Gasteiger partial charge in [0.05, 0.1) is 28.1 Å². The van der Waals surface area contributed by atoms with Crippen molar-refractivity contribution in [3.8, 4) is 0 Å². The second-order valence-corrected chi connectivity index (χ2v) is 10.5. The predicted molar refractivity (Wildman–Crippen MR) is 142 cm³/mol. The maximum Gasteiger partial charge on any atom is 0.293 e. The van der Waals surface area contributed by atoms with Gasteiger partial charge < -0.3 is 14.6 Å². The van der Waals surface area contributed by atoms with E-state index in [2.05, 4.69) is 21.2 Å². The Bertz CT molecular complexity index is 1360. The molecule has 1 N–H and O–H groups in total. The lowest BCUT2D eigenvalue weighted by Crippen LogP contribution is -2.30. The van der Waals surface area contributed by atoms with Gasteiger partial charge in [0, 0.05) is 40.8 Å². The van der Waals surface area contributed by atoms with Crippen molar-refractivity contribution in [1.29, 1.82) is 0 Å². The van der Waals surface area contributed by atoms with Crippen LogP contribution < -0.4 is 5.32 Å². The van der Waals surface area contributed by atoms with Crippen LogP contribution in [0.1, 0.15) is 11.1 Å². The molecule has 1 aromatic heterocycles. The molecule has 0 spiro atoms. The van der Waals surface area contributed by atoms with Crippen molar-refractivity contribution < 1.29 is 19.1 Å². The molecule has 1 aliphatic heterocycles. The van der Waals surface area contributed by atoms with Gasteiger partial charge in [0.1, 0.15) is 6.54 Å². The monoisotopic (exact) mass is 595 g/mol. The summed E-state index contributed by atoms with van der Waals surface area (Å²) in [5, 5.41) is 4.04. The average Bonchev–Trinajstić information content (AvgIpc) is 3.27. The van der Waals surface area contributed by atoms with Crippen molar-refractivity contribution >= 4 is 84.9 Å². The molecule has 4 rings (SSSR count). The minimum atomic E-state index is -0.390. The van der Waals surface area contributed by atoms with E-state index < -0.39 is 0 Å². The van der Waals surface area contributed by atoms with Gasteiger partial charge in [0.15, 0.2) is 0 Å². The van der Waals surface area contributed by atoms with E-state index in [-0.39, 0.29) is 30.1 Å². The second kappa shape index (κ2) is 11.2. The van der Waals surface area contributed by atoms with Crippen LogP contribution in [0, 0.1) is 0 Å². The van der Waals surface area contributed by atoms with Crippen molar-refractivity contribution in [3.63, 3.8) is 0 Å². The molecule has 2 heterocycles. The summed E-state index contributed by atoms with van der Waals surface area (Å²) in [6.45, 7) is 1.04. The van der Waals surface area contributed by atoms with E-state index in [1.54, 1.807) is 37.6 Å². The Morgan fingerprint density at radius 2 is 1.97 bits per heavy atom. The van der Waals surface area contributed by atoms with Crippen molar-refractivity contribution in [3.05, 3.63) is 73.1 Å². The van der Waals surface area contributed by atoms with Gasteiger partial charge in [-0.05, 0) is 53.7 Å². The molecule has 7 nitrogen and oxygen atoms in total. The minimum Gasteiger partial charge on any atom is -0.383 e. The highest BCUT2D eigenvalue weighted by molar-refractivity contribution is 9.10. The molecule has 35 heavy (non-hydrogen) atoms. The molecular formula is C24H20BrCl2N3O4S. The van der Waals surface area contributed by atoms with Gasteiger partial charge in [0.2, 0.25) is 5.91 Å². The number of ether oxygens (including phenoxy) is 1. The number of nitrogens with one attached hydrogen (secondary N) is 1. The zero-order valence-corrected chi connectivity index (χ0v) is 22.4. The Morgan fingerprint density at radius 3 is 2.71 bits per heavy atom. The summed E-state index contributed by atoms with van der Waals surface area (Å²) in [7, 11) is 1.57. The summed E-state index contributed by atoms with van der Waals surface area (Å²) in [6.07, 6.45) is 3.49. The van der Waals surface area contributed by atoms with Gasteiger partial charge in [-0.15, -0.1) is 0 Å². The molecule has 3 aromatic rings. The van der Waals surface area contributed by atoms with E-state index >= 15 is 0 Å². The minimum absolute atomic E-state index is 0.0911. The normalized spacial score (nSPS) is 15.0. The molecular weight excluding hydrogens is 577 g/mol. The van der Waals surface area contributed by atoms with Crippen molar-refractivity contribution in [2.45, 2.75) is 13.1 Å². The molecule has 1 saturated heterocycles.